The van der Waals surface area contributed by atoms with Crippen LogP contribution in [-0.4, -0.2) is 2.78 Å². The summed E-state index contributed by atoms with van der Waals surface area (Å²) in [5.74, 6) is 0. The van der Waals surface area contributed by atoms with Gasteiger partial charge in [-0.15, -0.1) is 0 Å². The van der Waals surface area contributed by atoms with Gasteiger partial charge < -0.3 is 0 Å². The Morgan fingerprint density at radius 1 is 1.20 bits per heavy atom. The van der Waals surface area contributed by atoms with Crippen LogP contribution in [0.5, 0.6) is 0 Å². The molecule has 0 heterocycles. The van der Waals surface area contributed by atoms with Crippen LogP contribution in [0.1, 0.15) is 19.4 Å². The summed E-state index contributed by atoms with van der Waals surface area (Å²) in [6, 6.07) is 9.85. The second-order valence-electron chi connectivity index (χ2n) is 3.61. The summed E-state index contributed by atoms with van der Waals surface area (Å²) < 4.78 is 7.58. The maximum absolute atomic E-state index is 11.6. The molecule has 0 saturated heterocycles. The topological polar surface area (TPSA) is 26.3 Å². The predicted molar refractivity (Wildman–Crippen MR) is 57.6 cm³/mol. The molecular formula is C12H17O2Y. The van der Waals surface area contributed by atoms with Crippen LogP contribution in [0.15, 0.2) is 30.3 Å². The van der Waals surface area contributed by atoms with Gasteiger partial charge in [-0.25, -0.2) is 0 Å². The van der Waals surface area contributed by atoms with Crippen molar-refractivity contribution in [2.24, 2.45) is 0 Å². The van der Waals surface area contributed by atoms with Gasteiger partial charge >= 0.3 is 103 Å². The third-order valence-corrected chi connectivity index (χ3v) is 9.44. The summed E-state index contributed by atoms with van der Waals surface area (Å²) in [5.41, 5.74) is 1.07. The van der Waals surface area contributed by atoms with Gasteiger partial charge in [0.25, 0.3) is 0 Å². The van der Waals surface area contributed by atoms with Crippen molar-refractivity contribution < 1.29 is 37.0 Å². The average Bonchev–Trinajstić information content (AvgIpc) is 2.29. The molecule has 15 heavy (non-hydrogen) atoms. The molecule has 0 aliphatic rings. The van der Waals surface area contributed by atoms with Gasteiger partial charge in [-0.3, -0.25) is 0 Å². The molecule has 0 spiro atoms. The molecule has 80 valence electrons. The van der Waals surface area contributed by atoms with Gasteiger partial charge in [0.15, 0.2) is 0 Å². The van der Waals surface area contributed by atoms with Crippen LogP contribution in [0.3, 0.4) is 0 Å². The molecule has 0 aromatic heterocycles. The van der Waals surface area contributed by atoms with E-state index in [0.29, 0.717) is 6.61 Å². The molecule has 1 aromatic rings. The van der Waals surface area contributed by atoms with Crippen molar-refractivity contribution in [2.45, 2.75) is 26.9 Å². The van der Waals surface area contributed by atoms with Gasteiger partial charge in [-0.1, -0.05) is 0 Å². The van der Waals surface area contributed by atoms with Gasteiger partial charge in [0.05, 0.1) is 0 Å². The second-order valence-corrected chi connectivity index (χ2v) is 12.2. The molecule has 0 N–H and O–H groups in total. The van der Waals surface area contributed by atoms with E-state index in [4.69, 9.17) is 4.74 Å². The van der Waals surface area contributed by atoms with E-state index >= 15 is 0 Å². The van der Waals surface area contributed by atoms with E-state index in [9.17, 15) is 4.79 Å². The Bertz CT molecular complexity index is 294. The van der Waals surface area contributed by atoms with Crippen LogP contribution >= 0.6 is 0 Å². The van der Waals surface area contributed by atoms with Crippen molar-refractivity contribution in [2.75, 3.05) is 0 Å². The number of ether oxygens (including phenoxy) is 1. The molecule has 0 radical (unpaired) electrons. The molecule has 0 unspecified atom stereocenters. The molecule has 0 aliphatic carbocycles. The third kappa shape index (κ3) is 4.44. The van der Waals surface area contributed by atoms with Crippen LogP contribution in [0.25, 0.3) is 0 Å². The molecular weight excluding hydrogens is 265 g/mol. The summed E-state index contributed by atoms with van der Waals surface area (Å²) in [4.78, 5) is 11.6. The zero-order chi connectivity index (χ0) is 11.1. The Balaban J connectivity index is 2.40. The molecule has 0 bridgehead atoms. The van der Waals surface area contributed by atoms with E-state index in [-0.39, 0.29) is 2.78 Å². The van der Waals surface area contributed by atoms with Crippen LogP contribution in [-0.2, 0) is 38.8 Å². The molecule has 1 rings (SSSR count). The van der Waals surface area contributed by atoms with Gasteiger partial charge in [0, 0.05) is 0 Å². The maximum atomic E-state index is 11.6. The quantitative estimate of drug-likeness (QED) is 0.820. The van der Waals surface area contributed by atoms with Crippen molar-refractivity contribution in [3.8, 4) is 0 Å². The van der Waals surface area contributed by atoms with Gasteiger partial charge in [-0.2, -0.15) is 0 Å². The molecule has 0 saturated carbocycles. The Kier molecular flexibility index (Phi) is 6.11. The minimum absolute atomic E-state index is 0.130. The average molecular weight is 282 g/mol. The number of carbonyl (C=O) groups excluding carboxylic acids is 1. The number of rotatable bonds is 5. The summed E-state index contributed by atoms with van der Waals surface area (Å²) in [5, 5.41) is 0. The summed E-state index contributed by atoms with van der Waals surface area (Å²) in [6.07, 6.45) is 0. The molecule has 0 fully saturated rings. The van der Waals surface area contributed by atoms with Crippen LogP contribution in [0.4, 0.5) is 4.79 Å². The predicted octanol–water partition coefficient (Wildman–Crippen LogP) is 3.82. The Morgan fingerprint density at radius 2 is 1.80 bits per heavy atom. The van der Waals surface area contributed by atoms with Gasteiger partial charge in [-0.05, 0) is 0 Å². The first-order chi connectivity index (χ1) is 7.27. The fraction of sp³-hybridized carbons (Fsp3) is 0.417. The first-order valence-electron chi connectivity index (χ1n) is 5.48. The normalized spacial score (nSPS) is 9.73. The minimum atomic E-state index is -1.97. The van der Waals surface area contributed by atoms with E-state index in [1.54, 1.807) is 0 Å². The zero-order valence-electron chi connectivity index (χ0n) is 9.40. The number of hydrogen-bond acceptors (Lipinski definition) is 2. The van der Waals surface area contributed by atoms with Crippen molar-refractivity contribution in [3.05, 3.63) is 35.9 Å². The van der Waals surface area contributed by atoms with Crippen molar-refractivity contribution in [1.29, 1.82) is 0 Å². The van der Waals surface area contributed by atoms with Gasteiger partial charge in [0.1, 0.15) is 0 Å². The van der Waals surface area contributed by atoms with E-state index < -0.39 is 27.4 Å². The summed E-state index contributed by atoms with van der Waals surface area (Å²) >= 11 is -1.97. The second kappa shape index (κ2) is 7.13. The summed E-state index contributed by atoms with van der Waals surface area (Å²) in [7, 11) is 0. The number of carbonyl (C=O) groups is 1. The third-order valence-electron chi connectivity index (χ3n) is 2.54. The Hall–Kier alpha value is -0.206. The van der Waals surface area contributed by atoms with Crippen LogP contribution in [0.2, 0.25) is 6.46 Å². The fourth-order valence-corrected chi connectivity index (χ4v) is 5.31. The van der Waals surface area contributed by atoms with Crippen LogP contribution < -0.4 is 0 Å². The molecule has 0 atom stereocenters. The first kappa shape index (κ1) is 12.9. The number of hydrogen-bond donors (Lipinski definition) is 0. The van der Waals surface area contributed by atoms with Crippen molar-refractivity contribution in [3.63, 3.8) is 0 Å². The van der Waals surface area contributed by atoms with Crippen LogP contribution in [0, 0.1) is 0 Å². The van der Waals surface area contributed by atoms with E-state index in [1.165, 1.54) is 0 Å². The number of benzene rings is 1. The zero-order valence-corrected chi connectivity index (χ0v) is 12.2. The standard InChI is InChI=1S/C8H7O2.2C2H5.Y/c9-7-10-6-8-4-2-1-3-5-8;2*1-2;/h1-5H,6H2;2*1H2,2H3;. The van der Waals surface area contributed by atoms with Crippen molar-refractivity contribution in [1.82, 2.24) is 0 Å². The molecule has 1 aromatic carbocycles. The van der Waals surface area contributed by atoms with E-state index in [1.807, 2.05) is 30.3 Å². The molecule has 0 aliphatic heterocycles. The van der Waals surface area contributed by atoms with Gasteiger partial charge in [0.2, 0.25) is 0 Å². The summed E-state index contributed by atoms with van der Waals surface area (Å²) in [6.45, 7) is 4.65. The molecule has 3 heteroatoms. The SMILES string of the molecule is C[CH2][Y]([CH2]C)[C](=O)OCc1ccccc1. The Labute approximate surface area is 102 Å². The fourth-order valence-electron chi connectivity index (χ4n) is 1.47. The van der Waals surface area contributed by atoms with E-state index in [0.717, 1.165) is 12.0 Å². The first-order valence-corrected chi connectivity index (χ1v) is 10.9. The monoisotopic (exact) mass is 282 g/mol. The molecule has 0 amide bonds. The Morgan fingerprint density at radius 3 is 2.33 bits per heavy atom. The van der Waals surface area contributed by atoms with E-state index in [2.05, 4.69) is 13.8 Å². The van der Waals surface area contributed by atoms with Crippen molar-refractivity contribution >= 4 is 2.78 Å². The molecule has 2 nitrogen and oxygen atoms in total.